The summed E-state index contributed by atoms with van der Waals surface area (Å²) in [5.41, 5.74) is 10.5. The Morgan fingerprint density at radius 3 is 2.30 bits per heavy atom. The molecule has 104 valence electrons. The first-order chi connectivity index (χ1) is 9.66. The van der Waals surface area contributed by atoms with E-state index in [1.54, 1.807) is 0 Å². The summed E-state index contributed by atoms with van der Waals surface area (Å²) in [5, 5.41) is 0. The number of benzene rings is 2. The van der Waals surface area contributed by atoms with E-state index in [0.717, 1.165) is 18.8 Å². The van der Waals surface area contributed by atoms with Crippen molar-refractivity contribution in [1.29, 1.82) is 0 Å². The van der Waals surface area contributed by atoms with Crippen LogP contribution in [0.1, 0.15) is 18.5 Å². The van der Waals surface area contributed by atoms with Crippen molar-refractivity contribution < 1.29 is 0 Å². The third kappa shape index (κ3) is 2.20. The van der Waals surface area contributed by atoms with Crippen molar-refractivity contribution in [3.05, 3.63) is 54.1 Å². The van der Waals surface area contributed by atoms with E-state index >= 15 is 0 Å². The highest BCUT2D eigenvalue weighted by molar-refractivity contribution is 5.73. The van der Waals surface area contributed by atoms with Crippen LogP contribution in [-0.4, -0.2) is 20.1 Å². The maximum absolute atomic E-state index is 5.78. The van der Waals surface area contributed by atoms with Crippen LogP contribution in [-0.2, 0) is 0 Å². The largest absolute Gasteiger partial charge is 0.399 e. The Morgan fingerprint density at radius 2 is 1.60 bits per heavy atom. The predicted molar refractivity (Wildman–Crippen MR) is 86.3 cm³/mol. The van der Waals surface area contributed by atoms with Crippen molar-refractivity contribution in [2.75, 3.05) is 35.7 Å². The molecule has 20 heavy (non-hydrogen) atoms. The first kappa shape index (κ1) is 12.9. The molecule has 0 aliphatic carbocycles. The first-order valence-electron chi connectivity index (χ1n) is 7.09. The molecule has 2 N–H and O–H groups in total. The zero-order valence-corrected chi connectivity index (χ0v) is 12.1. The number of anilines is 3. The zero-order valence-electron chi connectivity index (χ0n) is 12.1. The van der Waals surface area contributed by atoms with E-state index in [1.165, 1.54) is 16.9 Å². The molecule has 0 aromatic heterocycles. The van der Waals surface area contributed by atoms with E-state index in [2.05, 4.69) is 60.2 Å². The second kappa shape index (κ2) is 5.08. The third-order valence-electron chi connectivity index (χ3n) is 4.17. The number of rotatable bonds is 2. The fourth-order valence-electron chi connectivity index (χ4n) is 2.89. The van der Waals surface area contributed by atoms with Gasteiger partial charge in [0.1, 0.15) is 0 Å². The first-order valence-corrected chi connectivity index (χ1v) is 7.09. The molecule has 0 bridgehead atoms. The lowest BCUT2D eigenvalue weighted by atomic mass is 10.0. The Labute approximate surface area is 120 Å². The molecule has 3 nitrogen and oxygen atoms in total. The van der Waals surface area contributed by atoms with Gasteiger partial charge in [-0.25, -0.2) is 0 Å². The summed E-state index contributed by atoms with van der Waals surface area (Å²) in [6.07, 6.45) is 0. The molecule has 1 atom stereocenters. The van der Waals surface area contributed by atoms with Gasteiger partial charge in [0, 0.05) is 25.8 Å². The highest BCUT2D eigenvalue weighted by Crippen LogP contribution is 2.37. The topological polar surface area (TPSA) is 32.5 Å². The Kier molecular flexibility index (Phi) is 3.26. The van der Waals surface area contributed by atoms with Crippen LogP contribution >= 0.6 is 0 Å². The monoisotopic (exact) mass is 267 g/mol. The van der Waals surface area contributed by atoms with Gasteiger partial charge in [-0.15, -0.1) is 0 Å². The SMILES string of the molecule is CC(c1ccc(N)cc1)N1CCN(C)c2ccccc21. The third-order valence-corrected chi connectivity index (χ3v) is 4.17. The number of hydrogen-bond donors (Lipinski definition) is 1. The number of nitrogens with two attached hydrogens (primary N) is 1. The van der Waals surface area contributed by atoms with Gasteiger partial charge in [0.15, 0.2) is 0 Å². The number of fused-ring (bicyclic) bond motifs is 1. The van der Waals surface area contributed by atoms with Crippen LogP contribution in [0.3, 0.4) is 0 Å². The van der Waals surface area contributed by atoms with Crippen molar-refractivity contribution >= 4 is 17.1 Å². The minimum atomic E-state index is 0.352. The molecule has 0 radical (unpaired) electrons. The van der Waals surface area contributed by atoms with Crippen LogP contribution in [0.5, 0.6) is 0 Å². The average Bonchev–Trinajstić information content (AvgIpc) is 2.48. The molecule has 0 spiro atoms. The summed E-state index contributed by atoms with van der Waals surface area (Å²) in [4.78, 5) is 4.79. The minimum Gasteiger partial charge on any atom is -0.399 e. The van der Waals surface area contributed by atoms with Gasteiger partial charge in [-0.2, -0.15) is 0 Å². The molecular weight excluding hydrogens is 246 g/mol. The summed E-state index contributed by atoms with van der Waals surface area (Å²) in [6.45, 7) is 4.35. The summed E-state index contributed by atoms with van der Waals surface area (Å²) in [6, 6.07) is 17.2. The summed E-state index contributed by atoms with van der Waals surface area (Å²) < 4.78 is 0. The number of para-hydroxylation sites is 2. The highest BCUT2D eigenvalue weighted by atomic mass is 15.3. The average molecular weight is 267 g/mol. The van der Waals surface area contributed by atoms with Crippen molar-refractivity contribution in [2.45, 2.75) is 13.0 Å². The molecule has 1 heterocycles. The van der Waals surface area contributed by atoms with Crippen LogP contribution in [0.15, 0.2) is 48.5 Å². The lowest BCUT2D eigenvalue weighted by molar-refractivity contribution is 0.644. The number of nitrogens with zero attached hydrogens (tertiary/aromatic N) is 2. The molecule has 1 unspecified atom stereocenters. The summed E-state index contributed by atoms with van der Waals surface area (Å²) in [5.74, 6) is 0. The molecule has 2 aromatic rings. The van der Waals surface area contributed by atoms with Gasteiger partial charge in [0.05, 0.1) is 17.4 Å². The fraction of sp³-hybridized carbons (Fsp3) is 0.294. The molecule has 0 saturated heterocycles. The van der Waals surface area contributed by atoms with Crippen LogP contribution in [0.4, 0.5) is 17.1 Å². The number of likely N-dealkylation sites (N-methyl/N-ethyl adjacent to an activating group) is 1. The predicted octanol–water partition coefficient (Wildman–Crippen LogP) is 3.29. The van der Waals surface area contributed by atoms with E-state index in [9.17, 15) is 0 Å². The number of hydrogen-bond acceptors (Lipinski definition) is 3. The van der Waals surface area contributed by atoms with Gasteiger partial charge in [-0.1, -0.05) is 24.3 Å². The molecule has 3 heteroatoms. The molecule has 0 fully saturated rings. The van der Waals surface area contributed by atoms with Crippen molar-refractivity contribution in [2.24, 2.45) is 0 Å². The zero-order chi connectivity index (χ0) is 14.1. The molecule has 3 rings (SSSR count). The van der Waals surface area contributed by atoms with Gasteiger partial charge in [0.2, 0.25) is 0 Å². The van der Waals surface area contributed by atoms with E-state index in [4.69, 9.17) is 5.73 Å². The van der Waals surface area contributed by atoms with E-state index in [1.807, 2.05) is 12.1 Å². The molecule has 0 amide bonds. The quantitative estimate of drug-likeness (QED) is 0.847. The van der Waals surface area contributed by atoms with Crippen LogP contribution in [0.2, 0.25) is 0 Å². The minimum absolute atomic E-state index is 0.352. The van der Waals surface area contributed by atoms with Gasteiger partial charge in [-0.05, 0) is 36.8 Å². The molecule has 1 aliphatic heterocycles. The lowest BCUT2D eigenvalue weighted by Gasteiger charge is -2.40. The molecule has 0 saturated carbocycles. The number of nitrogen functional groups attached to an aromatic ring is 1. The molecular formula is C17H21N3. The van der Waals surface area contributed by atoms with Crippen molar-refractivity contribution in [3.8, 4) is 0 Å². The van der Waals surface area contributed by atoms with Crippen LogP contribution in [0, 0.1) is 0 Å². The normalized spacial score (nSPS) is 15.9. The lowest BCUT2D eigenvalue weighted by Crippen LogP contribution is -2.40. The van der Waals surface area contributed by atoms with Gasteiger partial charge < -0.3 is 15.5 Å². The summed E-state index contributed by atoms with van der Waals surface area (Å²) in [7, 11) is 2.16. The Hall–Kier alpha value is -2.16. The maximum Gasteiger partial charge on any atom is 0.0609 e. The van der Waals surface area contributed by atoms with Crippen LogP contribution in [0.25, 0.3) is 0 Å². The molecule has 1 aliphatic rings. The summed E-state index contributed by atoms with van der Waals surface area (Å²) >= 11 is 0. The second-order valence-electron chi connectivity index (χ2n) is 5.45. The van der Waals surface area contributed by atoms with E-state index < -0.39 is 0 Å². The van der Waals surface area contributed by atoms with Gasteiger partial charge >= 0.3 is 0 Å². The Balaban J connectivity index is 1.95. The van der Waals surface area contributed by atoms with Crippen molar-refractivity contribution in [1.82, 2.24) is 0 Å². The Morgan fingerprint density at radius 1 is 0.950 bits per heavy atom. The smallest absolute Gasteiger partial charge is 0.0609 e. The Bertz CT molecular complexity index is 591. The van der Waals surface area contributed by atoms with E-state index in [-0.39, 0.29) is 0 Å². The fourth-order valence-corrected chi connectivity index (χ4v) is 2.89. The van der Waals surface area contributed by atoms with E-state index in [0.29, 0.717) is 6.04 Å². The molecule has 2 aromatic carbocycles. The van der Waals surface area contributed by atoms with Gasteiger partial charge in [-0.3, -0.25) is 0 Å². The highest BCUT2D eigenvalue weighted by Gasteiger charge is 2.24. The van der Waals surface area contributed by atoms with Gasteiger partial charge in [0.25, 0.3) is 0 Å². The van der Waals surface area contributed by atoms with Crippen LogP contribution < -0.4 is 15.5 Å². The standard InChI is InChI=1S/C17H21N3/c1-13(14-7-9-15(18)10-8-14)20-12-11-19(2)16-5-3-4-6-17(16)20/h3-10,13H,11-12,18H2,1-2H3. The van der Waals surface area contributed by atoms with Crippen molar-refractivity contribution in [3.63, 3.8) is 0 Å². The maximum atomic E-state index is 5.78. The second-order valence-corrected chi connectivity index (χ2v) is 5.45.